The van der Waals surface area contributed by atoms with E-state index in [1.807, 2.05) is 20.8 Å². The van der Waals surface area contributed by atoms with Gasteiger partial charge in [-0.25, -0.2) is 9.18 Å². The van der Waals surface area contributed by atoms with Crippen LogP contribution < -0.4 is 0 Å². The van der Waals surface area contributed by atoms with Gasteiger partial charge in [-0.1, -0.05) is 0 Å². The molecule has 0 aliphatic heterocycles. The van der Waals surface area contributed by atoms with Crippen molar-refractivity contribution in [2.75, 3.05) is 99.2 Å². The largest absolute Gasteiger partial charge is 0.458 e. The SMILES string of the molecule is CC(C)(C)OC(=O)COCCOCCOCCOCCOCCOCCOCCF. The second-order valence-electron chi connectivity index (χ2n) is 7.00. The number of carbonyl (C=O) groups excluding carboxylic acids is 1. The Morgan fingerprint density at radius 3 is 1.17 bits per heavy atom. The number of ether oxygens (including phenoxy) is 8. The van der Waals surface area contributed by atoms with Gasteiger partial charge in [0.1, 0.15) is 18.9 Å². The number of alkyl halides is 1. The standard InChI is InChI=1S/C20H39FO9/c1-20(2,3)30-19(22)18-29-17-16-28-15-14-27-13-12-26-11-10-25-9-8-24-7-6-23-5-4-21/h4-18H2,1-3H3. The Bertz CT molecular complexity index is 378. The van der Waals surface area contributed by atoms with Gasteiger partial charge in [0.25, 0.3) is 0 Å². The zero-order chi connectivity index (χ0) is 22.3. The summed E-state index contributed by atoms with van der Waals surface area (Å²) in [5.74, 6) is -0.388. The van der Waals surface area contributed by atoms with E-state index in [9.17, 15) is 9.18 Å². The first-order valence-electron chi connectivity index (χ1n) is 10.3. The summed E-state index contributed by atoms with van der Waals surface area (Å²) in [6, 6.07) is 0. The molecular formula is C20H39FO9. The molecule has 0 rings (SSSR count). The van der Waals surface area contributed by atoms with Gasteiger partial charge in [-0.3, -0.25) is 0 Å². The molecular weight excluding hydrogens is 403 g/mol. The topological polar surface area (TPSA) is 90.9 Å². The first kappa shape index (κ1) is 29.1. The molecule has 0 atom stereocenters. The summed E-state index contributed by atoms with van der Waals surface area (Å²) in [6.45, 7) is 10.3. The van der Waals surface area contributed by atoms with Crippen molar-refractivity contribution in [3.63, 3.8) is 0 Å². The number of esters is 1. The van der Waals surface area contributed by atoms with Crippen molar-refractivity contribution in [1.29, 1.82) is 0 Å². The van der Waals surface area contributed by atoms with Crippen LogP contribution in [0.5, 0.6) is 0 Å². The smallest absolute Gasteiger partial charge is 0.332 e. The van der Waals surface area contributed by atoms with Gasteiger partial charge in [0.15, 0.2) is 0 Å². The van der Waals surface area contributed by atoms with Crippen LogP contribution in [0.2, 0.25) is 0 Å². The molecule has 0 N–H and O–H groups in total. The minimum Gasteiger partial charge on any atom is -0.458 e. The van der Waals surface area contributed by atoms with Crippen LogP contribution in [0.3, 0.4) is 0 Å². The molecule has 0 bridgehead atoms. The predicted octanol–water partition coefficient (Wildman–Crippen LogP) is 1.41. The van der Waals surface area contributed by atoms with Crippen molar-refractivity contribution in [3.05, 3.63) is 0 Å². The van der Waals surface area contributed by atoms with E-state index in [0.29, 0.717) is 79.3 Å². The third-order valence-corrected chi connectivity index (χ3v) is 3.09. The zero-order valence-electron chi connectivity index (χ0n) is 18.7. The molecule has 10 heteroatoms. The van der Waals surface area contributed by atoms with E-state index in [1.165, 1.54) is 0 Å². The predicted molar refractivity (Wildman–Crippen MR) is 108 cm³/mol. The highest BCUT2D eigenvalue weighted by atomic mass is 19.1. The molecule has 0 saturated heterocycles. The van der Waals surface area contributed by atoms with Crippen molar-refractivity contribution in [2.45, 2.75) is 26.4 Å². The minimum atomic E-state index is -0.505. The van der Waals surface area contributed by atoms with Crippen LogP contribution in [0.25, 0.3) is 0 Å². The third kappa shape index (κ3) is 25.2. The Hall–Kier alpha value is -0.880. The average molecular weight is 443 g/mol. The molecule has 0 unspecified atom stereocenters. The second-order valence-corrected chi connectivity index (χ2v) is 7.00. The van der Waals surface area contributed by atoms with Gasteiger partial charge in [-0.15, -0.1) is 0 Å². The molecule has 0 aromatic rings. The Morgan fingerprint density at radius 2 is 0.867 bits per heavy atom. The molecule has 0 spiro atoms. The van der Waals surface area contributed by atoms with Crippen LogP contribution in [-0.4, -0.2) is 111 Å². The molecule has 180 valence electrons. The van der Waals surface area contributed by atoms with Gasteiger partial charge in [0.2, 0.25) is 0 Å². The van der Waals surface area contributed by atoms with Crippen molar-refractivity contribution in [2.24, 2.45) is 0 Å². The molecule has 0 aromatic heterocycles. The monoisotopic (exact) mass is 442 g/mol. The summed E-state index contributed by atoms with van der Waals surface area (Å²) in [6.07, 6.45) is 0. The lowest BCUT2D eigenvalue weighted by Gasteiger charge is -2.19. The molecule has 0 aliphatic carbocycles. The molecule has 0 saturated carbocycles. The average Bonchev–Trinajstić information content (AvgIpc) is 2.68. The summed E-state index contributed by atoms with van der Waals surface area (Å²) in [5.41, 5.74) is -0.505. The molecule has 0 fully saturated rings. The number of hydrogen-bond acceptors (Lipinski definition) is 9. The molecule has 0 radical (unpaired) electrons. The maximum atomic E-state index is 11.8. The number of carbonyl (C=O) groups is 1. The second kappa shape index (κ2) is 21.4. The van der Waals surface area contributed by atoms with Gasteiger partial charge in [0.05, 0.1) is 85.9 Å². The maximum absolute atomic E-state index is 11.8. The molecule has 0 amide bonds. The van der Waals surface area contributed by atoms with Crippen LogP contribution >= 0.6 is 0 Å². The lowest BCUT2D eigenvalue weighted by Crippen LogP contribution is -2.27. The molecule has 0 heterocycles. The van der Waals surface area contributed by atoms with Crippen LogP contribution in [0.15, 0.2) is 0 Å². The lowest BCUT2D eigenvalue weighted by molar-refractivity contribution is -0.160. The van der Waals surface area contributed by atoms with Crippen LogP contribution in [0.4, 0.5) is 4.39 Å². The van der Waals surface area contributed by atoms with E-state index < -0.39 is 12.3 Å². The molecule has 0 aliphatic rings. The van der Waals surface area contributed by atoms with Crippen molar-refractivity contribution in [1.82, 2.24) is 0 Å². The first-order valence-corrected chi connectivity index (χ1v) is 10.3. The molecule has 30 heavy (non-hydrogen) atoms. The Morgan fingerprint density at radius 1 is 0.567 bits per heavy atom. The van der Waals surface area contributed by atoms with Crippen molar-refractivity contribution in [3.8, 4) is 0 Å². The van der Waals surface area contributed by atoms with Gasteiger partial charge in [-0.2, -0.15) is 0 Å². The summed E-state index contributed by atoms with van der Waals surface area (Å²) < 4.78 is 53.6. The minimum absolute atomic E-state index is 0.0816. The third-order valence-electron chi connectivity index (χ3n) is 3.09. The van der Waals surface area contributed by atoms with Gasteiger partial charge >= 0.3 is 5.97 Å². The van der Waals surface area contributed by atoms with Gasteiger partial charge in [0, 0.05) is 0 Å². The number of hydrogen-bond donors (Lipinski definition) is 0. The molecule has 0 aromatic carbocycles. The Balaban J connectivity index is 3.11. The van der Waals surface area contributed by atoms with E-state index in [1.54, 1.807) is 0 Å². The fourth-order valence-corrected chi connectivity index (χ4v) is 1.90. The Labute approximate surface area is 179 Å². The Kier molecular flexibility index (Phi) is 20.7. The molecule has 9 nitrogen and oxygen atoms in total. The zero-order valence-corrected chi connectivity index (χ0v) is 18.7. The normalized spacial score (nSPS) is 11.7. The van der Waals surface area contributed by atoms with E-state index in [2.05, 4.69) is 0 Å². The van der Waals surface area contributed by atoms with Gasteiger partial charge in [-0.05, 0) is 20.8 Å². The summed E-state index contributed by atoms with van der Waals surface area (Å²) in [4.78, 5) is 11.4. The highest BCUT2D eigenvalue weighted by molar-refractivity contribution is 5.71. The highest BCUT2D eigenvalue weighted by Gasteiger charge is 2.15. The number of rotatable bonds is 22. The number of halogens is 1. The van der Waals surface area contributed by atoms with E-state index in [0.717, 1.165) is 0 Å². The van der Waals surface area contributed by atoms with Crippen LogP contribution in [0, 0.1) is 0 Å². The summed E-state index contributed by atoms with van der Waals surface area (Å²) in [5, 5.41) is 0. The van der Waals surface area contributed by atoms with E-state index >= 15 is 0 Å². The van der Waals surface area contributed by atoms with E-state index in [4.69, 9.17) is 37.9 Å². The van der Waals surface area contributed by atoms with Crippen molar-refractivity contribution >= 4 is 5.97 Å². The van der Waals surface area contributed by atoms with Gasteiger partial charge < -0.3 is 37.9 Å². The highest BCUT2D eigenvalue weighted by Crippen LogP contribution is 2.06. The van der Waals surface area contributed by atoms with Crippen LogP contribution in [-0.2, 0) is 42.7 Å². The summed E-state index contributed by atoms with van der Waals surface area (Å²) in [7, 11) is 0. The lowest BCUT2D eigenvalue weighted by atomic mass is 10.2. The summed E-state index contributed by atoms with van der Waals surface area (Å²) >= 11 is 0. The fraction of sp³-hybridized carbons (Fsp3) is 0.950. The quantitative estimate of drug-likeness (QED) is 0.182. The first-order chi connectivity index (χ1) is 14.5. The maximum Gasteiger partial charge on any atom is 0.332 e. The van der Waals surface area contributed by atoms with Crippen LogP contribution in [0.1, 0.15) is 20.8 Å². The fourth-order valence-electron chi connectivity index (χ4n) is 1.90. The van der Waals surface area contributed by atoms with Crippen molar-refractivity contribution < 1.29 is 47.1 Å². The van der Waals surface area contributed by atoms with E-state index in [-0.39, 0.29) is 19.2 Å².